The van der Waals surface area contributed by atoms with E-state index in [1.165, 1.54) is 30.7 Å². The molecule has 0 radical (unpaired) electrons. The van der Waals surface area contributed by atoms with Crippen molar-refractivity contribution in [2.75, 3.05) is 53.7 Å². The maximum Gasteiger partial charge on any atom is 0.243 e. The third-order valence-corrected chi connectivity index (χ3v) is 5.14. The van der Waals surface area contributed by atoms with Gasteiger partial charge < -0.3 is 18.9 Å². The summed E-state index contributed by atoms with van der Waals surface area (Å²) in [5.41, 5.74) is 0. The predicted octanol–water partition coefficient (Wildman–Crippen LogP) is 0.741. The SMILES string of the molecule is COCCN(CCOC)S(=O)(=O)c1ccc2c(c1)OCCO2. The van der Waals surface area contributed by atoms with Gasteiger partial charge in [-0.05, 0) is 12.1 Å². The Morgan fingerprint density at radius 1 is 1.05 bits per heavy atom. The van der Waals surface area contributed by atoms with Gasteiger partial charge in [0.1, 0.15) is 13.2 Å². The molecular formula is C14H21NO6S. The van der Waals surface area contributed by atoms with Gasteiger partial charge >= 0.3 is 0 Å². The minimum absolute atomic E-state index is 0.170. The van der Waals surface area contributed by atoms with Crippen LogP contribution in [-0.2, 0) is 19.5 Å². The lowest BCUT2D eigenvalue weighted by Crippen LogP contribution is -2.36. The molecule has 22 heavy (non-hydrogen) atoms. The van der Waals surface area contributed by atoms with Crippen molar-refractivity contribution in [1.82, 2.24) is 4.31 Å². The van der Waals surface area contributed by atoms with Gasteiger partial charge in [-0.25, -0.2) is 8.42 Å². The molecule has 0 spiro atoms. The van der Waals surface area contributed by atoms with Crippen LogP contribution in [0.5, 0.6) is 11.5 Å². The molecule has 1 aliphatic rings. The largest absolute Gasteiger partial charge is 0.486 e. The van der Waals surface area contributed by atoms with E-state index in [4.69, 9.17) is 18.9 Å². The highest BCUT2D eigenvalue weighted by Crippen LogP contribution is 2.33. The fourth-order valence-electron chi connectivity index (χ4n) is 2.07. The van der Waals surface area contributed by atoms with Crippen molar-refractivity contribution in [2.24, 2.45) is 0 Å². The monoisotopic (exact) mass is 331 g/mol. The van der Waals surface area contributed by atoms with Crippen LogP contribution in [0.3, 0.4) is 0 Å². The Balaban J connectivity index is 2.25. The number of rotatable bonds is 8. The molecule has 2 rings (SSSR count). The Morgan fingerprint density at radius 2 is 1.64 bits per heavy atom. The molecule has 0 saturated heterocycles. The number of benzene rings is 1. The van der Waals surface area contributed by atoms with E-state index < -0.39 is 10.0 Å². The maximum absolute atomic E-state index is 12.7. The summed E-state index contributed by atoms with van der Waals surface area (Å²) >= 11 is 0. The predicted molar refractivity (Wildman–Crippen MR) is 79.9 cm³/mol. The second-order valence-corrected chi connectivity index (χ2v) is 6.63. The van der Waals surface area contributed by atoms with Crippen LogP contribution >= 0.6 is 0 Å². The second-order valence-electron chi connectivity index (χ2n) is 4.70. The Labute approximate surface area is 130 Å². The molecule has 0 N–H and O–H groups in total. The average molecular weight is 331 g/mol. The maximum atomic E-state index is 12.7. The summed E-state index contributed by atoms with van der Waals surface area (Å²) in [5.74, 6) is 1.01. The number of methoxy groups -OCH3 is 2. The zero-order valence-corrected chi connectivity index (χ0v) is 13.6. The number of hydrogen-bond donors (Lipinski definition) is 0. The first kappa shape index (κ1) is 17.0. The fraction of sp³-hybridized carbons (Fsp3) is 0.571. The smallest absolute Gasteiger partial charge is 0.243 e. The third kappa shape index (κ3) is 3.89. The molecule has 1 aromatic carbocycles. The fourth-order valence-corrected chi connectivity index (χ4v) is 3.50. The summed E-state index contributed by atoms with van der Waals surface area (Å²) in [7, 11) is -0.575. The molecule has 7 nitrogen and oxygen atoms in total. The molecule has 0 bridgehead atoms. The van der Waals surface area contributed by atoms with Crippen molar-refractivity contribution in [1.29, 1.82) is 0 Å². The molecule has 0 unspecified atom stereocenters. The molecule has 1 heterocycles. The van der Waals surface area contributed by atoms with E-state index in [1.807, 2.05) is 0 Å². The summed E-state index contributed by atoms with van der Waals surface area (Å²) in [6, 6.07) is 4.64. The van der Waals surface area contributed by atoms with Crippen molar-refractivity contribution >= 4 is 10.0 Å². The number of sulfonamides is 1. The van der Waals surface area contributed by atoms with E-state index in [2.05, 4.69) is 0 Å². The van der Waals surface area contributed by atoms with Gasteiger partial charge in [0.15, 0.2) is 11.5 Å². The summed E-state index contributed by atoms with van der Waals surface area (Å²) in [4.78, 5) is 0.170. The van der Waals surface area contributed by atoms with Crippen LogP contribution < -0.4 is 9.47 Å². The summed E-state index contributed by atoms with van der Waals surface area (Å²) in [6.45, 7) is 2.02. The van der Waals surface area contributed by atoms with Gasteiger partial charge in [-0.3, -0.25) is 0 Å². The van der Waals surface area contributed by atoms with Crippen molar-refractivity contribution in [2.45, 2.75) is 4.90 Å². The van der Waals surface area contributed by atoms with Crippen LogP contribution in [0.1, 0.15) is 0 Å². The first-order valence-corrected chi connectivity index (χ1v) is 8.41. The van der Waals surface area contributed by atoms with Crippen molar-refractivity contribution in [3.63, 3.8) is 0 Å². The number of hydrogen-bond acceptors (Lipinski definition) is 6. The summed E-state index contributed by atoms with van der Waals surface area (Å²) in [5, 5.41) is 0. The molecular weight excluding hydrogens is 310 g/mol. The third-order valence-electron chi connectivity index (χ3n) is 3.24. The van der Waals surface area contributed by atoms with Crippen LogP contribution in [0.2, 0.25) is 0 Å². The molecule has 0 aliphatic carbocycles. The Morgan fingerprint density at radius 3 is 2.23 bits per heavy atom. The molecule has 124 valence electrons. The molecule has 0 saturated carbocycles. The van der Waals surface area contributed by atoms with Crippen LogP contribution in [-0.4, -0.2) is 66.5 Å². The zero-order chi connectivity index (χ0) is 16.0. The van der Waals surface area contributed by atoms with Gasteiger partial charge in [0.25, 0.3) is 0 Å². The molecule has 0 amide bonds. The summed E-state index contributed by atoms with van der Waals surface area (Å²) < 4.78 is 47.7. The van der Waals surface area contributed by atoms with Crippen LogP contribution in [0.15, 0.2) is 23.1 Å². The molecule has 0 fully saturated rings. The highest BCUT2D eigenvalue weighted by atomic mass is 32.2. The minimum Gasteiger partial charge on any atom is -0.486 e. The number of fused-ring (bicyclic) bond motifs is 1. The van der Waals surface area contributed by atoms with Gasteiger partial charge in [-0.15, -0.1) is 0 Å². The quantitative estimate of drug-likeness (QED) is 0.699. The molecule has 1 aliphatic heterocycles. The standard InChI is InChI=1S/C14H21NO6S/c1-18-7-5-15(6-8-19-2)22(16,17)12-3-4-13-14(11-12)21-10-9-20-13/h3-4,11H,5-10H2,1-2H3. The Bertz CT molecular complexity index is 581. The Kier molecular flexibility index (Phi) is 6.01. The van der Waals surface area contributed by atoms with E-state index in [9.17, 15) is 8.42 Å². The van der Waals surface area contributed by atoms with E-state index in [-0.39, 0.29) is 18.0 Å². The number of ether oxygens (including phenoxy) is 4. The minimum atomic E-state index is -3.64. The molecule has 8 heteroatoms. The van der Waals surface area contributed by atoms with Gasteiger partial charge in [0.05, 0.1) is 18.1 Å². The second kappa shape index (κ2) is 7.77. The first-order chi connectivity index (χ1) is 10.6. The highest BCUT2D eigenvalue weighted by molar-refractivity contribution is 7.89. The summed E-state index contributed by atoms with van der Waals surface area (Å²) in [6.07, 6.45) is 0. The lowest BCUT2D eigenvalue weighted by atomic mass is 10.3. The molecule has 0 aromatic heterocycles. The van der Waals surface area contributed by atoms with Crippen LogP contribution in [0.4, 0.5) is 0 Å². The van der Waals surface area contributed by atoms with Crippen molar-refractivity contribution in [3.8, 4) is 11.5 Å². The van der Waals surface area contributed by atoms with E-state index in [0.717, 1.165) is 0 Å². The first-order valence-electron chi connectivity index (χ1n) is 6.97. The highest BCUT2D eigenvalue weighted by Gasteiger charge is 2.26. The average Bonchev–Trinajstić information content (AvgIpc) is 2.54. The zero-order valence-electron chi connectivity index (χ0n) is 12.8. The topological polar surface area (TPSA) is 74.3 Å². The van der Waals surface area contributed by atoms with Crippen LogP contribution in [0, 0.1) is 0 Å². The van der Waals surface area contributed by atoms with Gasteiger partial charge in [-0.2, -0.15) is 4.31 Å². The van der Waals surface area contributed by atoms with Crippen LogP contribution in [0.25, 0.3) is 0 Å². The van der Waals surface area contributed by atoms with Gasteiger partial charge in [-0.1, -0.05) is 0 Å². The van der Waals surface area contributed by atoms with Crippen molar-refractivity contribution in [3.05, 3.63) is 18.2 Å². The lowest BCUT2D eigenvalue weighted by molar-refractivity contribution is 0.150. The normalized spacial score (nSPS) is 14.3. The molecule has 0 atom stereocenters. The number of nitrogens with zero attached hydrogens (tertiary/aromatic N) is 1. The van der Waals surface area contributed by atoms with Crippen molar-refractivity contribution < 1.29 is 27.4 Å². The Hall–Kier alpha value is -1.35. The van der Waals surface area contributed by atoms with Gasteiger partial charge in [0.2, 0.25) is 10.0 Å². The van der Waals surface area contributed by atoms with E-state index in [0.29, 0.717) is 37.9 Å². The van der Waals surface area contributed by atoms with E-state index in [1.54, 1.807) is 6.07 Å². The van der Waals surface area contributed by atoms with E-state index >= 15 is 0 Å². The van der Waals surface area contributed by atoms with Gasteiger partial charge in [0, 0.05) is 33.4 Å². The molecule has 1 aromatic rings. The lowest BCUT2D eigenvalue weighted by Gasteiger charge is -2.23.